The molecule has 17 heavy (non-hydrogen) atoms. The highest BCUT2D eigenvalue weighted by molar-refractivity contribution is 6.24. The third-order valence-corrected chi connectivity index (χ3v) is 1.89. The summed E-state index contributed by atoms with van der Waals surface area (Å²) in [5.41, 5.74) is 1.75. The number of hydrogen-bond acceptors (Lipinski definition) is 3. The van der Waals surface area contributed by atoms with Crippen LogP contribution in [-0.2, 0) is 0 Å². The third-order valence-electron chi connectivity index (χ3n) is 1.89. The highest BCUT2D eigenvalue weighted by Gasteiger charge is 2.02. The van der Waals surface area contributed by atoms with Crippen molar-refractivity contribution in [2.75, 3.05) is 40.1 Å². The van der Waals surface area contributed by atoms with E-state index < -0.39 is 0 Å². The molecular weight excluding hydrogens is 211 g/mol. The van der Waals surface area contributed by atoms with Crippen LogP contribution >= 0.6 is 0 Å². The molecule has 2 radical (unpaired) electrons. The van der Waals surface area contributed by atoms with Gasteiger partial charge in [-0.3, -0.25) is 4.79 Å². The molecule has 0 atom stereocenters. The zero-order valence-electron chi connectivity index (χ0n) is 11.4. The van der Waals surface area contributed by atoms with Gasteiger partial charge in [-0.25, -0.2) is 0 Å². The molecule has 4 heteroatoms. The average molecular weight is 232 g/mol. The highest BCUT2D eigenvalue weighted by Crippen LogP contribution is 2.12. The number of carbonyl (C=O) groups is 1. The summed E-state index contributed by atoms with van der Waals surface area (Å²) in [7, 11) is 15.2. The van der Waals surface area contributed by atoms with E-state index >= 15 is 0 Å². The van der Waals surface area contributed by atoms with Crippen LogP contribution in [0.5, 0.6) is 0 Å². The van der Waals surface area contributed by atoms with Crippen molar-refractivity contribution >= 4 is 19.3 Å². The van der Waals surface area contributed by atoms with Crippen molar-refractivity contribution < 1.29 is 4.79 Å². The molecule has 0 unspecified atom stereocenters. The summed E-state index contributed by atoms with van der Waals surface area (Å²) in [6, 6.07) is 7.40. The Morgan fingerprint density at radius 2 is 1.47 bits per heavy atom. The van der Waals surface area contributed by atoms with Crippen molar-refractivity contribution in [3.63, 3.8) is 0 Å². The van der Waals surface area contributed by atoms with Gasteiger partial charge in [-0.1, -0.05) is 0 Å². The largest absolute Gasteiger partial charge is 0.378 e. The van der Waals surface area contributed by atoms with Gasteiger partial charge in [0, 0.05) is 25.3 Å². The van der Waals surface area contributed by atoms with Gasteiger partial charge in [-0.15, -0.1) is 0 Å². The van der Waals surface area contributed by atoms with Gasteiger partial charge in [0.25, 0.3) is 0 Å². The van der Waals surface area contributed by atoms with E-state index in [0.717, 1.165) is 5.69 Å². The zero-order chi connectivity index (χ0) is 13.4. The van der Waals surface area contributed by atoms with Crippen molar-refractivity contribution in [1.29, 1.82) is 0 Å². The summed E-state index contributed by atoms with van der Waals surface area (Å²) in [6.07, 6.45) is 0.0707. The van der Waals surface area contributed by atoms with Crippen molar-refractivity contribution in [2.24, 2.45) is 0 Å². The molecule has 0 aliphatic heterocycles. The molecule has 0 fully saturated rings. The van der Waals surface area contributed by atoms with Gasteiger partial charge < -0.3 is 9.80 Å². The van der Waals surface area contributed by atoms with Gasteiger partial charge in [0.1, 0.15) is 0 Å². The monoisotopic (exact) mass is 232 g/mol. The van der Waals surface area contributed by atoms with Gasteiger partial charge in [0.05, 0.1) is 7.85 Å². The Balaban J connectivity index is 0.000000557. The lowest BCUT2D eigenvalue weighted by molar-refractivity contribution is 0.101. The van der Waals surface area contributed by atoms with Crippen LogP contribution in [0.4, 0.5) is 5.69 Å². The van der Waals surface area contributed by atoms with Crippen LogP contribution in [0, 0.1) is 0 Å². The first-order valence-electron chi connectivity index (χ1n) is 5.50. The van der Waals surface area contributed by atoms with Gasteiger partial charge >= 0.3 is 0 Å². The summed E-state index contributed by atoms with van der Waals surface area (Å²) < 4.78 is 0. The number of hydrogen-bond donors (Lipinski definition) is 0. The van der Waals surface area contributed by atoms with Gasteiger partial charge in [-0.2, -0.15) is 0 Å². The number of ketones is 1. The lowest BCUT2D eigenvalue weighted by Crippen LogP contribution is -2.08. The first-order valence-corrected chi connectivity index (χ1v) is 5.50. The molecule has 0 heterocycles. The van der Waals surface area contributed by atoms with Gasteiger partial charge in [0.15, 0.2) is 5.78 Å². The second-order valence-corrected chi connectivity index (χ2v) is 4.41. The fourth-order valence-electron chi connectivity index (χ4n) is 1.06. The lowest BCUT2D eigenvalue weighted by Gasteiger charge is -2.12. The third kappa shape index (κ3) is 6.79. The summed E-state index contributed by atoms with van der Waals surface area (Å²) in [5.74, 6) is -0.0229. The number of carbonyl (C=O) groups excluding carboxylic acids is 1. The molecule has 0 N–H and O–H groups in total. The predicted octanol–water partition coefficient (Wildman–Crippen LogP) is 1.70. The summed E-state index contributed by atoms with van der Waals surface area (Å²) in [6.45, 7) is 0. The molecule has 1 aromatic rings. The maximum atomic E-state index is 11.2. The molecule has 1 rings (SSSR count). The Morgan fingerprint density at radius 3 is 1.76 bits per heavy atom. The van der Waals surface area contributed by atoms with Crippen LogP contribution in [0.1, 0.15) is 10.4 Å². The van der Waals surface area contributed by atoms with E-state index in [1.165, 1.54) is 0 Å². The Bertz CT molecular complexity index is 331. The first kappa shape index (κ1) is 15.7. The molecule has 92 valence electrons. The van der Waals surface area contributed by atoms with Gasteiger partial charge in [0.2, 0.25) is 0 Å². The Morgan fingerprint density at radius 1 is 1.06 bits per heavy atom. The van der Waals surface area contributed by atoms with Crippen LogP contribution < -0.4 is 4.90 Å². The Labute approximate surface area is 106 Å². The maximum Gasteiger partial charge on any atom is 0.154 e. The second-order valence-electron chi connectivity index (χ2n) is 4.41. The van der Waals surface area contributed by atoms with E-state index in [4.69, 9.17) is 7.85 Å². The molecule has 0 aliphatic rings. The molecular formula is C13H21BN2O. The summed E-state index contributed by atoms with van der Waals surface area (Å²) >= 11 is 0. The molecule has 3 nitrogen and oxygen atoms in total. The highest BCUT2D eigenvalue weighted by atomic mass is 16.1. The minimum atomic E-state index is -0.0229. The standard InChI is InChI=1S/C10H12BNO.C3H9N/c1-12(2)9-5-3-8(4-6-9)10(13)7-11;1-4(2)3/h3-6H,7H2,1-2H3;1-3H3. The fraction of sp³-hybridized carbons (Fsp3) is 0.462. The lowest BCUT2D eigenvalue weighted by atomic mass is 9.96. The molecule has 0 saturated heterocycles. The fourth-order valence-corrected chi connectivity index (χ4v) is 1.06. The number of Topliss-reactive ketones (excluding diaryl/α,β-unsaturated/α-hetero) is 1. The van der Waals surface area contributed by atoms with Crippen molar-refractivity contribution in [1.82, 2.24) is 4.90 Å². The zero-order valence-corrected chi connectivity index (χ0v) is 11.4. The van der Waals surface area contributed by atoms with Crippen molar-refractivity contribution in [2.45, 2.75) is 6.32 Å². The molecule has 0 saturated carbocycles. The topological polar surface area (TPSA) is 23.6 Å². The molecule has 0 spiro atoms. The number of anilines is 1. The molecule has 0 aromatic heterocycles. The van der Waals surface area contributed by atoms with E-state index in [1.54, 1.807) is 12.1 Å². The predicted molar refractivity (Wildman–Crippen MR) is 75.3 cm³/mol. The summed E-state index contributed by atoms with van der Waals surface area (Å²) in [4.78, 5) is 15.1. The minimum absolute atomic E-state index is 0.0229. The molecule has 0 amide bonds. The van der Waals surface area contributed by atoms with Crippen molar-refractivity contribution in [3.05, 3.63) is 29.8 Å². The van der Waals surface area contributed by atoms with Crippen LogP contribution in [0.2, 0.25) is 6.32 Å². The van der Waals surface area contributed by atoms with E-state index in [0.29, 0.717) is 5.56 Å². The number of rotatable bonds is 3. The SMILES string of the molecule is CN(C)C.[B]CC(=O)c1ccc(N(C)C)cc1. The smallest absolute Gasteiger partial charge is 0.154 e. The minimum Gasteiger partial charge on any atom is -0.378 e. The van der Waals surface area contributed by atoms with Crippen LogP contribution in [0.25, 0.3) is 0 Å². The number of benzene rings is 1. The van der Waals surface area contributed by atoms with E-state index in [-0.39, 0.29) is 12.1 Å². The van der Waals surface area contributed by atoms with Gasteiger partial charge in [-0.05, 0) is 51.7 Å². The Hall–Kier alpha value is -1.29. The summed E-state index contributed by atoms with van der Waals surface area (Å²) in [5, 5.41) is 0. The van der Waals surface area contributed by atoms with Crippen molar-refractivity contribution in [3.8, 4) is 0 Å². The van der Waals surface area contributed by atoms with E-state index in [9.17, 15) is 4.79 Å². The maximum absolute atomic E-state index is 11.2. The van der Waals surface area contributed by atoms with Crippen LogP contribution in [-0.4, -0.2) is 53.8 Å². The van der Waals surface area contributed by atoms with E-state index in [1.807, 2.05) is 57.2 Å². The molecule has 1 aromatic carbocycles. The molecule has 0 bridgehead atoms. The normalized spacial score (nSPS) is 9.53. The quantitative estimate of drug-likeness (QED) is 0.585. The number of nitrogens with zero attached hydrogens (tertiary/aromatic N) is 2. The van der Waals surface area contributed by atoms with Crippen LogP contribution in [0.3, 0.4) is 0 Å². The first-order chi connectivity index (χ1) is 7.88. The van der Waals surface area contributed by atoms with E-state index in [2.05, 4.69) is 0 Å². The Kier molecular flexibility index (Phi) is 7.31. The molecule has 0 aliphatic carbocycles. The second kappa shape index (κ2) is 7.90. The van der Waals surface area contributed by atoms with Crippen LogP contribution in [0.15, 0.2) is 24.3 Å². The average Bonchev–Trinajstić information content (AvgIpc) is 2.27.